The Morgan fingerprint density at radius 1 is 1.26 bits per heavy atom. The van der Waals surface area contributed by atoms with E-state index in [1.807, 2.05) is 13.8 Å². The van der Waals surface area contributed by atoms with E-state index in [-0.39, 0.29) is 23.5 Å². The molecule has 0 unspecified atom stereocenters. The third kappa shape index (κ3) is 6.52. The molecule has 10 heteroatoms. The van der Waals surface area contributed by atoms with Gasteiger partial charge in [0, 0.05) is 16.5 Å². The van der Waals surface area contributed by atoms with Gasteiger partial charge in [-0.05, 0) is 46.5 Å². The molecule has 0 radical (unpaired) electrons. The number of halogens is 1. The first-order chi connectivity index (χ1) is 14.5. The van der Waals surface area contributed by atoms with E-state index in [0.717, 1.165) is 0 Å². The van der Waals surface area contributed by atoms with E-state index in [2.05, 4.69) is 26.6 Å². The minimum absolute atomic E-state index is 0.124. The SMILES string of the molecule is COc1ccc(Br)c(C(=O)N[C@@H]2C=C(C(=O)N[C@H](CC(C)C)C(N)=O)C[C@@H](O)[C@@H]2O)c1. The van der Waals surface area contributed by atoms with Gasteiger partial charge in [-0.1, -0.05) is 19.9 Å². The Kier molecular flexibility index (Phi) is 8.60. The molecule has 170 valence electrons. The molecule has 1 aliphatic rings. The fourth-order valence-electron chi connectivity index (χ4n) is 3.27. The van der Waals surface area contributed by atoms with E-state index in [0.29, 0.717) is 16.6 Å². The Labute approximate surface area is 189 Å². The average Bonchev–Trinajstić information content (AvgIpc) is 2.70. The van der Waals surface area contributed by atoms with Gasteiger partial charge in [0.05, 0.1) is 24.8 Å². The highest BCUT2D eigenvalue weighted by Crippen LogP contribution is 2.24. The first-order valence-electron chi connectivity index (χ1n) is 9.84. The molecule has 0 bridgehead atoms. The van der Waals surface area contributed by atoms with E-state index >= 15 is 0 Å². The summed E-state index contributed by atoms with van der Waals surface area (Å²) in [6.07, 6.45) is -0.972. The molecule has 0 aliphatic heterocycles. The van der Waals surface area contributed by atoms with Crippen LogP contribution in [0.2, 0.25) is 0 Å². The van der Waals surface area contributed by atoms with Crippen LogP contribution in [0.4, 0.5) is 0 Å². The summed E-state index contributed by atoms with van der Waals surface area (Å²) in [6, 6.07) is 2.96. The Morgan fingerprint density at radius 3 is 2.52 bits per heavy atom. The molecule has 6 N–H and O–H groups in total. The number of carbonyl (C=O) groups is 3. The van der Waals surface area contributed by atoms with Gasteiger partial charge in [-0.15, -0.1) is 0 Å². The van der Waals surface area contributed by atoms with Crippen LogP contribution in [0, 0.1) is 5.92 Å². The van der Waals surface area contributed by atoms with Crippen molar-refractivity contribution in [2.75, 3.05) is 7.11 Å². The van der Waals surface area contributed by atoms with Gasteiger partial charge in [-0.2, -0.15) is 0 Å². The molecule has 0 saturated heterocycles. The van der Waals surface area contributed by atoms with Crippen LogP contribution >= 0.6 is 15.9 Å². The van der Waals surface area contributed by atoms with Crippen molar-refractivity contribution >= 4 is 33.7 Å². The van der Waals surface area contributed by atoms with E-state index in [1.165, 1.54) is 19.3 Å². The normalized spacial score (nSPS) is 21.8. The number of hydrogen-bond acceptors (Lipinski definition) is 6. The molecule has 1 aliphatic carbocycles. The molecule has 2 rings (SSSR count). The van der Waals surface area contributed by atoms with E-state index in [4.69, 9.17) is 10.5 Å². The number of rotatable bonds is 8. The summed E-state index contributed by atoms with van der Waals surface area (Å²) in [5.74, 6) is -1.19. The van der Waals surface area contributed by atoms with Crippen LogP contribution in [0.3, 0.4) is 0 Å². The number of primary amides is 1. The minimum Gasteiger partial charge on any atom is -0.497 e. The maximum absolute atomic E-state index is 12.7. The lowest BCUT2D eigenvalue weighted by Crippen LogP contribution is -2.52. The van der Waals surface area contributed by atoms with Crippen LogP contribution in [0.1, 0.15) is 37.0 Å². The zero-order valence-electron chi connectivity index (χ0n) is 17.6. The second kappa shape index (κ2) is 10.7. The Bertz CT molecular complexity index is 873. The number of carbonyl (C=O) groups excluding carboxylic acids is 3. The zero-order valence-corrected chi connectivity index (χ0v) is 19.2. The van der Waals surface area contributed by atoms with Crippen molar-refractivity contribution in [1.82, 2.24) is 10.6 Å². The molecule has 31 heavy (non-hydrogen) atoms. The Hall–Kier alpha value is -2.43. The summed E-state index contributed by atoms with van der Waals surface area (Å²) < 4.78 is 5.64. The van der Waals surface area contributed by atoms with Gasteiger partial charge in [-0.25, -0.2) is 0 Å². The van der Waals surface area contributed by atoms with Crippen molar-refractivity contribution in [3.05, 3.63) is 39.9 Å². The summed E-state index contributed by atoms with van der Waals surface area (Å²) in [7, 11) is 1.47. The van der Waals surface area contributed by atoms with Crippen molar-refractivity contribution in [2.45, 2.75) is 51.0 Å². The average molecular weight is 498 g/mol. The summed E-state index contributed by atoms with van der Waals surface area (Å²) in [6.45, 7) is 3.79. The molecule has 3 amide bonds. The van der Waals surface area contributed by atoms with Crippen molar-refractivity contribution in [1.29, 1.82) is 0 Å². The fraction of sp³-hybridized carbons (Fsp3) is 0.476. The summed E-state index contributed by atoms with van der Waals surface area (Å²) in [4.78, 5) is 37.1. The molecule has 0 fully saturated rings. The first kappa shape index (κ1) is 24.8. The maximum atomic E-state index is 12.7. The van der Waals surface area contributed by atoms with Gasteiger partial charge in [0.25, 0.3) is 5.91 Å². The largest absolute Gasteiger partial charge is 0.497 e. The van der Waals surface area contributed by atoms with E-state index in [9.17, 15) is 24.6 Å². The molecule has 0 aromatic heterocycles. The molecular weight excluding hydrogens is 470 g/mol. The van der Waals surface area contributed by atoms with Gasteiger partial charge in [0.2, 0.25) is 11.8 Å². The maximum Gasteiger partial charge on any atom is 0.253 e. The van der Waals surface area contributed by atoms with Gasteiger partial charge >= 0.3 is 0 Å². The Balaban J connectivity index is 2.21. The van der Waals surface area contributed by atoms with Gasteiger partial charge in [0.15, 0.2) is 0 Å². The molecular formula is C21H28BrN3O6. The highest BCUT2D eigenvalue weighted by molar-refractivity contribution is 9.10. The smallest absolute Gasteiger partial charge is 0.253 e. The standard InChI is InChI=1S/C21H28BrN3O6/c1-10(2)6-16(19(23)28)25-20(29)11-7-15(18(27)17(26)8-11)24-21(30)13-9-12(31-3)4-5-14(13)22/h4-5,7,9-10,15-18,26-27H,6,8H2,1-3H3,(H2,23,28)(H,24,30)(H,25,29)/t15-,16-,17-,18-/m1/s1. The molecule has 1 aromatic rings. The number of hydrogen-bond donors (Lipinski definition) is 5. The van der Waals surface area contributed by atoms with E-state index < -0.39 is 42.0 Å². The second-order valence-electron chi connectivity index (χ2n) is 7.86. The number of amides is 3. The lowest BCUT2D eigenvalue weighted by Gasteiger charge is -2.31. The number of aliphatic hydroxyl groups excluding tert-OH is 2. The van der Waals surface area contributed by atoms with Crippen molar-refractivity contribution in [3.63, 3.8) is 0 Å². The fourth-order valence-corrected chi connectivity index (χ4v) is 3.69. The lowest BCUT2D eigenvalue weighted by atomic mass is 9.89. The predicted molar refractivity (Wildman–Crippen MR) is 117 cm³/mol. The third-order valence-corrected chi connectivity index (χ3v) is 5.63. The van der Waals surface area contributed by atoms with Crippen molar-refractivity contribution in [3.8, 4) is 5.75 Å². The Morgan fingerprint density at radius 2 is 1.94 bits per heavy atom. The predicted octanol–water partition coefficient (Wildman–Crippen LogP) is 0.624. The number of nitrogens with two attached hydrogens (primary N) is 1. The van der Waals surface area contributed by atoms with Crippen LogP contribution in [0.15, 0.2) is 34.3 Å². The highest BCUT2D eigenvalue weighted by atomic mass is 79.9. The molecule has 4 atom stereocenters. The number of aliphatic hydroxyl groups is 2. The van der Waals surface area contributed by atoms with Crippen LogP contribution in [0.5, 0.6) is 5.75 Å². The van der Waals surface area contributed by atoms with Gasteiger partial charge in [-0.3, -0.25) is 14.4 Å². The number of nitrogens with one attached hydrogen (secondary N) is 2. The highest BCUT2D eigenvalue weighted by Gasteiger charge is 2.35. The number of ether oxygens (including phenoxy) is 1. The zero-order chi connectivity index (χ0) is 23.3. The molecule has 0 saturated carbocycles. The number of benzene rings is 1. The molecule has 0 heterocycles. The van der Waals surface area contributed by atoms with Crippen LogP contribution in [-0.4, -0.2) is 59.3 Å². The van der Waals surface area contributed by atoms with Crippen LogP contribution < -0.4 is 21.1 Å². The summed E-state index contributed by atoms with van der Waals surface area (Å²) >= 11 is 3.30. The first-order valence-corrected chi connectivity index (χ1v) is 10.6. The van der Waals surface area contributed by atoms with E-state index in [1.54, 1.807) is 12.1 Å². The summed E-state index contributed by atoms with van der Waals surface area (Å²) in [5.41, 5.74) is 5.78. The number of methoxy groups -OCH3 is 1. The minimum atomic E-state index is -1.31. The monoisotopic (exact) mass is 497 g/mol. The van der Waals surface area contributed by atoms with Crippen LogP contribution in [0.25, 0.3) is 0 Å². The second-order valence-corrected chi connectivity index (χ2v) is 8.71. The molecule has 9 nitrogen and oxygen atoms in total. The quantitative estimate of drug-likeness (QED) is 0.355. The molecule has 1 aromatic carbocycles. The third-order valence-electron chi connectivity index (χ3n) is 4.94. The van der Waals surface area contributed by atoms with Crippen molar-refractivity contribution < 1.29 is 29.3 Å². The lowest BCUT2D eigenvalue weighted by molar-refractivity contribution is -0.126. The van der Waals surface area contributed by atoms with Crippen molar-refractivity contribution in [2.24, 2.45) is 11.7 Å². The topological polar surface area (TPSA) is 151 Å². The van der Waals surface area contributed by atoms with Gasteiger partial charge in [0.1, 0.15) is 17.9 Å². The van der Waals surface area contributed by atoms with Gasteiger partial charge < -0.3 is 31.3 Å². The molecule has 0 spiro atoms. The van der Waals surface area contributed by atoms with Crippen LogP contribution in [-0.2, 0) is 9.59 Å². The summed E-state index contributed by atoms with van der Waals surface area (Å²) in [5, 5.41) is 25.8.